The zero-order chi connectivity index (χ0) is 11.6. The summed E-state index contributed by atoms with van der Waals surface area (Å²) < 4.78 is 0. The van der Waals surface area contributed by atoms with E-state index in [1.807, 2.05) is 0 Å². The Labute approximate surface area is 103 Å². The molecule has 1 aliphatic carbocycles. The highest BCUT2D eigenvalue weighted by Crippen LogP contribution is 2.33. The number of hydrogen-bond acceptors (Lipinski definition) is 0. The highest BCUT2D eigenvalue weighted by atomic mass is 14.3. The summed E-state index contributed by atoms with van der Waals surface area (Å²) in [6, 6.07) is 0. The fraction of sp³-hybridized carbons (Fsp3) is 0.875. The molecule has 16 heavy (non-hydrogen) atoms. The third-order valence-electron chi connectivity index (χ3n) is 4.21. The van der Waals surface area contributed by atoms with Crippen LogP contribution in [0.3, 0.4) is 0 Å². The molecule has 0 amide bonds. The van der Waals surface area contributed by atoms with Crippen LogP contribution in [0, 0.1) is 11.8 Å². The molecule has 0 aromatic heterocycles. The van der Waals surface area contributed by atoms with E-state index in [1.54, 1.807) is 0 Å². The molecule has 1 saturated carbocycles. The Morgan fingerprint density at radius 3 is 2.31 bits per heavy atom. The van der Waals surface area contributed by atoms with Gasteiger partial charge in [-0.25, -0.2) is 0 Å². The van der Waals surface area contributed by atoms with Crippen LogP contribution in [0.25, 0.3) is 0 Å². The molecular formula is C16H30. The molecule has 1 fully saturated rings. The molecule has 0 heteroatoms. The molecule has 1 unspecified atom stereocenters. The van der Waals surface area contributed by atoms with E-state index in [1.165, 1.54) is 70.6 Å². The third kappa shape index (κ3) is 5.18. The first-order chi connectivity index (χ1) is 7.88. The summed E-state index contributed by atoms with van der Waals surface area (Å²) in [5, 5.41) is 0. The Morgan fingerprint density at radius 2 is 1.75 bits per heavy atom. The summed E-state index contributed by atoms with van der Waals surface area (Å²) in [6.07, 6.45) is 18.0. The lowest BCUT2D eigenvalue weighted by Crippen LogP contribution is -2.16. The molecule has 0 nitrogen and oxygen atoms in total. The van der Waals surface area contributed by atoms with E-state index >= 15 is 0 Å². The van der Waals surface area contributed by atoms with Gasteiger partial charge in [0.2, 0.25) is 0 Å². The second kappa shape index (κ2) is 8.84. The molecule has 94 valence electrons. The summed E-state index contributed by atoms with van der Waals surface area (Å²) in [6.45, 7) is 6.25. The van der Waals surface area contributed by atoms with Gasteiger partial charge in [-0.3, -0.25) is 0 Å². The molecule has 0 spiro atoms. The van der Waals surface area contributed by atoms with Crippen LogP contribution in [-0.4, -0.2) is 0 Å². The second-order valence-electron chi connectivity index (χ2n) is 5.53. The fourth-order valence-electron chi connectivity index (χ4n) is 3.19. The van der Waals surface area contributed by atoms with E-state index < -0.39 is 0 Å². The lowest BCUT2D eigenvalue weighted by atomic mass is 9.78. The van der Waals surface area contributed by atoms with E-state index in [9.17, 15) is 0 Å². The summed E-state index contributed by atoms with van der Waals surface area (Å²) in [5.74, 6) is 1.94. The first-order valence-electron chi connectivity index (χ1n) is 7.49. The van der Waals surface area contributed by atoms with E-state index in [0.717, 1.165) is 11.8 Å². The summed E-state index contributed by atoms with van der Waals surface area (Å²) >= 11 is 0. The number of hydrogen-bond donors (Lipinski definition) is 0. The van der Waals surface area contributed by atoms with Crippen molar-refractivity contribution in [2.45, 2.75) is 77.6 Å². The van der Waals surface area contributed by atoms with Gasteiger partial charge >= 0.3 is 0 Å². The minimum Gasteiger partial charge on any atom is -0.103 e. The number of unbranched alkanes of at least 4 members (excludes halogenated alkanes) is 1. The summed E-state index contributed by atoms with van der Waals surface area (Å²) in [4.78, 5) is 0. The first kappa shape index (κ1) is 13.8. The van der Waals surface area contributed by atoms with Crippen LogP contribution in [0.1, 0.15) is 77.6 Å². The van der Waals surface area contributed by atoms with Crippen LogP contribution in [0.2, 0.25) is 0 Å². The number of allylic oxidation sites excluding steroid dienone is 1. The lowest BCUT2D eigenvalue weighted by molar-refractivity contribution is 0.249. The maximum atomic E-state index is 3.95. The van der Waals surface area contributed by atoms with Crippen molar-refractivity contribution in [3.63, 3.8) is 0 Å². The van der Waals surface area contributed by atoms with Gasteiger partial charge in [0.25, 0.3) is 0 Å². The van der Waals surface area contributed by atoms with Crippen LogP contribution in [-0.2, 0) is 0 Å². The maximum absolute atomic E-state index is 3.95. The average molecular weight is 222 g/mol. The molecule has 0 heterocycles. The summed E-state index contributed by atoms with van der Waals surface area (Å²) in [7, 11) is 0. The standard InChI is InChI=1S/C16H30/c1-3-5-12-15(11-4-2)16-13-9-7-6-8-10-14-16/h4,15-16H,2-3,5-14H2,1H3. The molecule has 0 bridgehead atoms. The van der Waals surface area contributed by atoms with Gasteiger partial charge in [-0.2, -0.15) is 0 Å². The smallest absolute Gasteiger partial charge is 0.0322 e. The third-order valence-corrected chi connectivity index (χ3v) is 4.21. The van der Waals surface area contributed by atoms with Crippen molar-refractivity contribution in [1.82, 2.24) is 0 Å². The van der Waals surface area contributed by atoms with Crippen molar-refractivity contribution in [2.24, 2.45) is 11.8 Å². The Balaban J connectivity index is 2.41. The SMILES string of the molecule is C=CCC(CCCC)C1CCCCCCC1. The normalized spacial score (nSPS) is 21.1. The van der Waals surface area contributed by atoms with Crippen LogP contribution < -0.4 is 0 Å². The highest BCUT2D eigenvalue weighted by Gasteiger charge is 2.20. The Morgan fingerprint density at radius 1 is 1.12 bits per heavy atom. The van der Waals surface area contributed by atoms with Crippen LogP contribution in [0.4, 0.5) is 0 Å². The number of rotatable bonds is 6. The summed E-state index contributed by atoms with van der Waals surface area (Å²) in [5.41, 5.74) is 0. The molecule has 0 aliphatic heterocycles. The molecule has 0 aromatic rings. The molecule has 0 N–H and O–H groups in total. The van der Waals surface area contributed by atoms with Gasteiger partial charge in [0.05, 0.1) is 0 Å². The van der Waals surface area contributed by atoms with E-state index in [-0.39, 0.29) is 0 Å². The highest BCUT2D eigenvalue weighted by molar-refractivity contribution is 4.79. The van der Waals surface area contributed by atoms with Gasteiger partial charge in [-0.1, -0.05) is 70.8 Å². The van der Waals surface area contributed by atoms with Gasteiger partial charge in [0.15, 0.2) is 0 Å². The van der Waals surface area contributed by atoms with Gasteiger partial charge in [-0.15, -0.1) is 6.58 Å². The minimum atomic E-state index is 0.940. The zero-order valence-electron chi connectivity index (χ0n) is 11.2. The Hall–Kier alpha value is -0.260. The molecule has 1 rings (SSSR count). The Bertz CT molecular complexity index is 163. The zero-order valence-corrected chi connectivity index (χ0v) is 11.2. The van der Waals surface area contributed by atoms with Gasteiger partial charge in [0, 0.05) is 0 Å². The van der Waals surface area contributed by atoms with E-state index in [0.29, 0.717) is 0 Å². The van der Waals surface area contributed by atoms with Crippen molar-refractivity contribution < 1.29 is 0 Å². The van der Waals surface area contributed by atoms with Crippen molar-refractivity contribution >= 4 is 0 Å². The Kier molecular flexibility index (Phi) is 7.63. The van der Waals surface area contributed by atoms with Crippen molar-refractivity contribution in [3.05, 3.63) is 12.7 Å². The van der Waals surface area contributed by atoms with E-state index in [4.69, 9.17) is 0 Å². The average Bonchev–Trinajstić information content (AvgIpc) is 2.24. The predicted molar refractivity (Wildman–Crippen MR) is 73.6 cm³/mol. The first-order valence-corrected chi connectivity index (χ1v) is 7.49. The van der Waals surface area contributed by atoms with Crippen LogP contribution >= 0.6 is 0 Å². The van der Waals surface area contributed by atoms with Crippen molar-refractivity contribution in [2.75, 3.05) is 0 Å². The van der Waals surface area contributed by atoms with Gasteiger partial charge < -0.3 is 0 Å². The maximum Gasteiger partial charge on any atom is -0.0322 e. The molecule has 0 saturated heterocycles. The lowest BCUT2D eigenvalue weighted by Gasteiger charge is -2.28. The predicted octanol–water partition coefficient (Wildman–Crippen LogP) is 5.73. The topological polar surface area (TPSA) is 0 Å². The molecule has 1 aliphatic rings. The fourth-order valence-corrected chi connectivity index (χ4v) is 3.19. The minimum absolute atomic E-state index is 0.940. The van der Waals surface area contributed by atoms with Gasteiger partial charge in [0.1, 0.15) is 0 Å². The van der Waals surface area contributed by atoms with Crippen molar-refractivity contribution in [1.29, 1.82) is 0 Å². The molecule has 0 aromatic carbocycles. The van der Waals surface area contributed by atoms with Crippen LogP contribution in [0.5, 0.6) is 0 Å². The van der Waals surface area contributed by atoms with E-state index in [2.05, 4.69) is 19.6 Å². The molecule has 0 radical (unpaired) electrons. The van der Waals surface area contributed by atoms with Gasteiger partial charge in [-0.05, 0) is 24.7 Å². The van der Waals surface area contributed by atoms with Crippen LogP contribution in [0.15, 0.2) is 12.7 Å². The van der Waals surface area contributed by atoms with Crippen molar-refractivity contribution in [3.8, 4) is 0 Å². The molecular weight excluding hydrogens is 192 g/mol. The second-order valence-corrected chi connectivity index (χ2v) is 5.53. The molecule has 1 atom stereocenters. The monoisotopic (exact) mass is 222 g/mol. The quantitative estimate of drug-likeness (QED) is 0.503. The largest absolute Gasteiger partial charge is 0.103 e.